The summed E-state index contributed by atoms with van der Waals surface area (Å²) in [4.78, 5) is 10.7. The van der Waals surface area contributed by atoms with Crippen LogP contribution in [0.5, 0.6) is 0 Å². The van der Waals surface area contributed by atoms with Crippen molar-refractivity contribution in [2.75, 3.05) is 6.54 Å². The van der Waals surface area contributed by atoms with Crippen molar-refractivity contribution >= 4 is 25.0 Å². The summed E-state index contributed by atoms with van der Waals surface area (Å²) in [6.45, 7) is 0.619. The second-order valence-electron chi connectivity index (χ2n) is 3.10. The summed E-state index contributed by atoms with van der Waals surface area (Å²) in [5.74, 6) is 0. The SMILES string of the molecule is O=C1NCC(Cc2ccccc2)O1.[LiH]. The zero-order valence-corrected chi connectivity index (χ0v) is 7.19. The van der Waals surface area contributed by atoms with Gasteiger partial charge in [0.1, 0.15) is 6.10 Å². The van der Waals surface area contributed by atoms with E-state index in [0.717, 1.165) is 6.42 Å². The van der Waals surface area contributed by atoms with Crippen LogP contribution in [0.25, 0.3) is 0 Å². The molecule has 14 heavy (non-hydrogen) atoms. The number of carbonyl (C=O) groups is 1. The molecule has 4 heteroatoms. The normalized spacial score (nSPS) is 19.4. The molecule has 0 bridgehead atoms. The fraction of sp³-hybridized carbons (Fsp3) is 0.300. The van der Waals surface area contributed by atoms with Crippen molar-refractivity contribution in [1.82, 2.24) is 5.32 Å². The van der Waals surface area contributed by atoms with E-state index in [1.54, 1.807) is 0 Å². The van der Waals surface area contributed by atoms with Gasteiger partial charge in [-0.15, -0.1) is 0 Å². The molecule has 1 atom stereocenters. The van der Waals surface area contributed by atoms with Crippen LogP contribution >= 0.6 is 0 Å². The van der Waals surface area contributed by atoms with Crippen molar-refractivity contribution < 1.29 is 9.53 Å². The van der Waals surface area contributed by atoms with E-state index < -0.39 is 0 Å². The van der Waals surface area contributed by atoms with Gasteiger partial charge in [0.25, 0.3) is 0 Å². The molecule has 1 fully saturated rings. The number of alkyl carbamates (subject to hydrolysis) is 1. The molecule has 0 aliphatic carbocycles. The number of hydrogen-bond donors (Lipinski definition) is 1. The zero-order valence-electron chi connectivity index (χ0n) is 7.19. The Morgan fingerprint density at radius 1 is 1.36 bits per heavy atom. The summed E-state index contributed by atoms with van der Waals surface area (Å²) in [5.41, 5.74) is 1.20. The first-order valence-electron chi connectivity index (χ1n) is 4.33. The van der Waals surface area contributed by atoms with E-state index in [0.29, 0.717) is 6.54 Å². The van der Waals surface area contributed by atoms with Crippen LogP contribution in [0.4, 0.5) is 4.79 Å². The molecule has 1 aliphatic heterocycles. The van der Waals surface area contributed by atoms with Crippen molar-refractivity contribution in [3.8, 4) is 0 Å². The third-order valence-corrected chi connectivity index (χ3v) is 2.05. The van der Waals surface area contributed by atoms with E-state index in [2.05, 4.69) is 5.32 Å². The fourth-order valence-corrected chi connectivity index (χ4v) is 1.42. The molecule has 3 nitrogen and oxygen atoms in total. The molecule has 0 spiro atoms. The van der Waals surface area contributed by atoms with Gasteiger partial charge in [0.05, 0.1) is 6.54 Å². The zero-order chi connectivity index (χ0) is 9.10. The van der Waals surface area contributed by atoms with Gasteiger partial charge in [-0.2, -0.15) is 0 Å². The minimum atomic E-state index is -0.305. The summed E-state index contributed by atoms with van der Waals surface area (Å²) in [7, 11) is 0. The first-order chi connectivity index (χ1) is 6.34. The van der Waals surface area contributed by atoms with Crippen molar-refractivity contribution in [3.63, 3.8) is 0 Å². The van der Waals surface area contributed by atoms with Gasteiger partial charge in [0.15, 0.2) is 0 Å². The molecule has 0 radical (unpaired) electrons. The molecule has 1 unspecified atom stereocenters. The van der Waals surface area contributed by atoms with Gasteiger partial charge in [0.2, 0.25) is 0 Å². The predicted octanol–water partition coefficient (Wildman–Crippen LogP) is 0.689. The maximum atomic E-state index is 10.7. The van der Waals surface area contributed by atoms with Gasteiger partial charge in [-0.25, -0.2) is 4.79 Å². The molecule has 1 amide bonds. The Labute approximate surface area is 95.0 Å². The van der Waals surface area contributed by atoms with Crippen molar-refractivity contribution in [3.05, 3.63) is 35.9 Å². The molecule has 0 saturated carbocycles. The van der Waals surface area contributed by atoms with E-state index >= 15 is 0 Å². The van der Waals surface area contributed by atoms with Gasteiger partial charge >= 0.3 is 25.0 Å². The number of carbonyl (C=O) groups excluding carboxylic acids is 1. The Bertz CT molecular complexity index is 302. The molecule has 1 heterocycles. The summed E-state index contributed by atoms with van der Waals surface area (Å²) < 4.78 is 5.02. The van der Waals surface area contributed by atoms with Gasteiger partial charge in [-0.1, -0.05) is 30.3 Å². The first-order valence-corrected chi connectivity index (χ1v) is 4.33. The van der Waals surface area contributed by atoms with Crippen molar-refractivity contribution in [2.45, 2.75) is 12.5 Å². The number of rotatable bonds is 2. The van der Waals surface area contributed by atoms with Crippen LogP contribution in [0.1, 0.15) is 5.56 Å². The van der Waals surface area contributed by atoms with Crippen LogP contribution < -0.4 is 5.32 Å². The van der Waals surface area contributed by atoms with Crippen molar-refractivity contribution in [1.29, 1.82) is 0 Å². The van der Waals surface area contributed by atoms with E-state index in [9.17, 15) is 4.79 Å². The molecule has 1 aliphatic rings. The third-order valence-electron chi connectivity index (χ3n) is 2.05. The summed E-state index contributed by atoms with van der Waals surface area (Å²) >= 11 is 0. The van der Waals surface area contributed by atoms with E-state index in [1.165, 1.54) is 5.56 Å². The monoisotopic (exact) mass is 185 g/mol. The van der Waals surface area contributed by atoms with E-state index in [-0.39, 0.29) is 31.1 Å². The van der Waals surface area contributed by atoms with Crippen molar-refractivity contribution in [2.24, 2.45) is 0 Å². The summed E-state index contributed by atoms with van der Waals surface area (Å²) in [6.07, 6.45) is 0.482. The number of ether oxygens (including phenoxy) is 1. The third kappa shape index (κ3) is 2.80. The van der Waals surface area contributed by atoms with Gasteiger partial charge in [-0.05, 0) is 5.56 Å². The van der Waals surface area contributed by atoms with E-state index in [4.69, 9.17) is 4.74 Å². The average Bonchev–Trinajstić information content (AvgIpc) is 2.53. The van der Waals surface area contributed by atoms with Crippen LogP contribution in [-0.2, 0) is 11.2 Å². The van der Waals surface area contributed by atoms with Crippen LogP contribution in [0.3, 0.4) is 0 Å². The Balaban J connectivity index is 0.000000980. The number of amides is 1. The van der Waals surface area contributed by atoms with Crippen LogP contribution in [-0.4, -0.2) is 37.6 Å². The second kappa shape index (κ2) is 5.09. The molecular weight excluding hydrogens is 173 g/mol. The molecule has 0 aromatic heterocycles. The standard InChI is InChI=1S/C10H11NO2.Li.H/c12-10-11-7-9(13-10)6-8-4-2-1-3-5-8;;/h1-5,9H,6-7H2,(H,11,12);;. The molecule has 70 valence electrons. The summed E-state index contributed by atoms with van der Waals surface area (Å²) in [6, 6.07) is 10.0. The summed E-state index contributed by atoms with van der Waals surface area (Å²) in [5, 5.41) is 2.63. The second-order valence-corrected chi connectivity index (χ2v) is 3.10. The number of hydrogen-bond acceptors (Lipinski definition) is 2. The topological polar surface area (TPSA) is 38.3 Å². The molecule has 1 N–H and O–H groups in total. The van der Waals surface area contributed by atoms with Gasteiger partial charge in [0, 0.05) is 6.42 Å². The van der Waals surface area contributed by atoms with Gasteiger partial charge < -0.3 is 10.1 Å². The molecule has 1 aromatic carbocycles. The van der Waals surface area contributed by atoms with Gasteiger partial charge in [-0.3, -0.25) is 0 Å². The van der Waals surface area contributed by atoms with E-state index in [1.807, 2.05) is 30.3 Å². The quantitative estimate of drug-likeness (QED) is 0.688. The maximum absolute atomic E-state index is 10.7. The Morgan fingerprint density at radius 2 is 2.07 bits per heavy atom. The Morgan fingerprint density at radius 3 is 2.64 bits per heavy atom. The number of benzene rings is 1. The van der Waals surface area contributed by atoms with Crippen LogP contribution in [0.15, 0.2) is 30.3 Å². The van der Waals surface area contributed by atoms with Crippen LogP contribution in [0, 0.1) is 0 Å². The van der Waals surface area contributed by atoms with Crippen LogP contribution in [0.2, 0.25) is 0 Å². The molecular formula is C10H12LiNO2. The Kier molecular flexibility index (Phi) is 4.06. The predicted molar refractivity (Wildman–Crippen MR) is 55.6 cm³/mol. The number of nitrogens with one attached hydrogen (secondary N) is 1. The molecule has 1 saturated heterocycles. The first kappa shape index (κ1) is 11.2. The number of cyclic esters (lactones) is 1. The fourth-order valence-electron chi connectivity index (χ4n) is 1.42. The average molecular weight is 185 g/mol. The molecule has 2 rings (SSSR count). The Hall–Kier alpha value is -0.913. The molecule has 1 aromatic rings. The minimum absolute atomic E-state index is 0.